The number of aromatic nitrogens is 2. The van der Waals surface area contributed by atoms with Crippen LogP contribution in [-0.4, -0.2) is 28.1 Å². The number of nitrogens with zero attached hydrogens (tertiary/aromatic N) is 3. The van der Waals surface area contributed by atoms with Gasteiger partial charge in [0, 0.05) is 29.9 Å². The van der Waals surface area contributed by atoms with E-state index in [-0.39, 0.29) is 11.8 Å². The molecule has 2 aromatic rings. The Morgan fingerprint density at radius 2 is 2.19 bits per heavy atom. The van der Waals surface area contributed by atoms with Gasteiger partial charge in [-0.1, -0.05) is 12.6 Å². The zero-order chi connectivity index (χ0) is 19.0. The summed E-state index contributed by atoms with van der Waals surface area (Å²) in [6.07, 6.45) is 7.18. The molecule has 1 aromatic heterocycles. The first-order valence-corrected chi connectivity index (χ1v) is 9.48. The van der Waals surface area contributed by atoms with Crippen molar-refractivity contribution >= 4 is 23.3 Å². The molecule has 0 spiro atoms. The van der Waals surface area contributed by atoms with E-state index in [1.54, 1.807) is 11.1 Å². The standard InChI is InChI=1S/C21H24N4O2/c1-3-19(26)24-11-5-7-16-17(6-4-8-18(16)24)21(27)23-20-14(2)12-22-25(20)13-15-9-10-15/h3-4,6,8,12,15H,1,5,7,9-11,13H2,2H3,(H,23,27). The van der Waals surface area contributed by atoms with Crippen molar-refractivity contribution in [1.82, 2.24) is 9.78 Å². The van der Waals surface area contributed by atoms with Crippen LogP contribution in [-0.2, 0) is 17.8 Å². The fourth-order valence-corrected chi connectivity index (χ4v) is 3.68. The molecule has 6 heteroatoms. The molecule has 0 saturated heterocycles. The molecule has 0 radical (unpaired) electrons. The largest absolute Gasteiger partial charge is 0.309 e. The van der Waals surface area contributed by atoms with E-state index in [4.69, 9.17) is 0 Å². The quantitative estimate of drug-likeness (QED) is 0.828. The number of nitrogens with one attached hydrogen (secondary N) is 1. The van der Waals surface area contributed by atoms with Gasteiger partial charge < -0.3 is 10.2 Å². The van der Waals surface area contributed by atoms with Crippen molar-refractivity contribution in [3.63, 3.8) is 0 Å². The molecule has 0 atom stereocenters. The normalized spacial score (nSPS) is 16.0. The van der Waals surface area contributed by atoms with Gasteiger partial charge in [0.1, 0.15) is 5.82 Å². The van der Waals surface area contributed by atoms with E-state index in [0.717, 1.165) is 42.0 Å². The molecule has 1 saturated carbocycles. The summed E-state index contributed by atoms with van der Waals surface area (Å²) in [7, 11) is 0. The molecular weight excluding hydrogens is 340 g/mol. The van der Waals surface area contributed by atoms with Crippen LogP contribution in [0.4, 0.5) is 11.5 Å². The van der Waals surface area contributed by atoms with Gasteiger partial charge in [-0.25, -0.2) is 4.68 Å². The summed E-state index contributed by atoms with van der Waals surface area (Å²) < 4.78 is 1.90. The predicted octanol–water partition coefficient (Wildman–Crippen LogP) is 3.32. The molecular formula is C21H24N4O2. The summed E-state index contributed by atoms with van der Waals surface area (Å²) >= 11 is 0. The van der Waals surface area contributed by atoms with Crippen molar-refractivity contribution in [3.8, 4) is 0 Å². The van der Waals surface area contributed by atoms with Gasteiger partial charge >= 0.3 is 0 Å². The molecule has 1 aromatic carbocycles. The maximum absolute atomic E-state index is 13.1. The molecule has 1 N–H and O–H groups in total. The number of carbonyl (C=O) groups excluding carboxylic acids is 2. The van der Waals surface area contributed by atoms with E-state index in [1.807, 2.05) is 29.8 Å². The van der Waals surface area contributed by atoms with Crippen molar-refractivity contribution in [3.05, 3.63) is 53.7 Å². The lowest BCUT2D eigenvalue weighted by molar-refractivity contribution is -0.114. The molecule has 2 heterocycles. The number of carbonyl (C=O) groups is 2. The van der Waals surface area contributed by atoms with Crippen LogP contribution in [0.15, 0.2) is 37.1 Å². The summed E-state index contributed by atoms with van der Waals surface area (Å²) in [5.41, 5.74) is 3.30. The number of fused-ring (bicyclic) bond motifs is 1. The lowest BCUT2D eigenvalue weighted by atomic mass is 9.95. The van der Waals surface area contributed by atoms with Crippen molar-refractivity contribution in [2.45, 2.75) is 39.2 Å². The molecule has 27 heavy (non-hydrogen) atoms. The highest BCUT2D eigenvalue weighted by Gasteiger charge is 2.27. The van der Waals surface area contributed by atoms with Crippen LogP contribution < -0.4 is 10.2 Å². The molecule has 1 fully saturated rings. The highest BCUT2D eigenvalue weighted by Crippen LogP contribution is 2.33. The highest BCUT2D eigenvalue weighted by molar-refractivity contribution is 6.08. The van der Waals surface area contributed by atoms with Crippen molar-refractivity contribution in [2.75, 3.05) is 16.8 Å². The Morgan fingerprint density at radius 3 is 2.93 bits per heavy atom. The van der Waals surface area contributed by atoms with E-state index >= 15 is 0 Å². The lowest BCUT2D eigenvalue weighted by Crippen LogP contribution is -2.35. The molecule has 4 rings (SSSR count). The first-order chi connectivity index (χ1) is 13.1. The lowest BCUT2D eigenvalue weighted by Gasteiger charge is -2.29. The van der Waals surface area contributed by atoms with Gasteiger partial charge in [-0.15, -0.1) is 0 Å². The van der Waals surface area contributed by atoms with Crippen LogP contribution in [0, 0.1) is 12.8 Å². The zero-order valence-electron chi connectivity index (χ0n) is 15.6. The summed E-state index contributed by atoms with van der Waals surface area (Å²) in [5.74, 6) is 1.15. The fraction of sp³-hybridized carbons (Fsp3) is 0.381. The summed E-state index contributed by atoms with van der Waals surface area (Å²) in [6, 6.07) is 5.55. The van der Waals surface area contributed by atoms with Crippen LogP contribution >= 0.6 is 0 Å². The number of hydrogen-bond acceptors (Lipinski definition) is 3. The minimum absolute atomic E-state index is 0.133. The molecule has 2 aliphatic rings. The van der Waals surface area contributed by atoms with Crippen LogP contribution in [0.5, 0.6) is 0 Å². The van der Waals surface area contributed by atoms with Gasteiger partial charge in [0.25, 0.3) is 5.91 Å². The minimum atomic E-state index is -0.152. The first-order valence-electron chi connectivity index (χ1n) is 9.48. The number of amides is 2. The van der Waals surface area contributed by atoms with Crippen LogP contribution in [0.25, 0.3) is 0 Å². The molecule has 1 aliphatic heterocycles. The summed E-state index contributed by atoms with van der Waals surface area (Å²) in [4.78, 5) is 26.9. The number of rotatable bonds is 5. The highest BCUT2D eigenvalue weighted by atomic mass is 16.2. The van der Waals surface area contributed by atoms with Crippen LogP contribution in [0.3, 0.4) is 0 Å². The average molecular weight is 364 g/mol. The SMILES string of the molecule is C=CC(=O)N1CCCc2c(C(=O)Nc3c(C)cnn3CC3CC3)cccc21. The third kappa shape index (κ3) is 3.39. The molecule has 0 unspecified atom stereocenters. The Morgan fingerprint density at radius 1 is 1.37 bits per heavy atom. The topological polar surface area (TPSA) is 67.2 Å². The fourth-order valence-electron chi connectivity index (χ4n) is 3.68. The number of benzene rings is 1. The Kier molecular flexibility index (Phi) is 4.56. The second kappa shape index (κ2) is 7.02. The summed E-state index contributed by atoms with van der Waals surface area (Å²) in [5, 5.41) is 7.47. The number of anilines is 2. The Bertz CT molecular complexity index is 911. The van der Waals surface area contributed by atoms with Gasteiger partial charge in [0.15, 0.2) is 0 Å². The van der Waals surface area contributed by atoms with Gasteiger partial charge in [-0.2, -0.15) is 5.10 Å². The second-order valence-corrected chi connectivity index (χ2v) is 7.36. The van der Waals surface area contributed by atoms with Gasteiger partial charge in [-0.05, 0) is 62.3 Å². The van der Waals surface area contributed by atoms with E-state index in [0.29, 0.717) is 18.0 Å². The first kappa shape index (κ1) is 17.5. The maximum Gasteiger partial charge on any atom is 0.257 e. The van der Waals surface area contributed by atoms with Gasteiger partial charge in [0.2, 0.25) is 5.91 Å². The third-order valence-electron chi connectivity index (χ3n) is 5.32. The van der Waals surface area contributed by atoms with Crippen LogP contribution in [0.2, 0.25) is 0 Å². The smallest absolute Gasteiger partial charge is 0.257 e. The Balaban J connectivity index is 1.63. The van der Waals surface area contributed by atoms with E-state index in [2.05, 4.69) is 17.0 Å². The van der Waals surface area contributed by atoms with Gasteiger partial charge in [0.05, 0.1) is 6.20 Å². The van der Waals surface area contributed by atoms with Crippen LogP contribution in [0.1, 0.15) is 40.7 Å². The van der Waals surface area contributed by atoms with Crippen molar-refractivity contribution in [1.29, 1.82) is 0 Å². The van der Waals surface area contributed by atoms with Crippen molar-refractivity contribution in [2.24, 2.45) is 5.92 Å². The Labute approximate surface area is 158 Å². The zero-order valence-corrected chi connectivity index (χ0v) is 15.6. The van der Waals surface area contributed by atoms with E-state index in [1.165, 1.54) is 18.9 Å². The van der Waals surface area contributed by atoms with Crippen molar-refractivity contribution < 1.29 is 9.59 Å². The second-order valence-electron chi connectivity index (χ2n) is 7.36. The Hall–Kier alpha value is -2.89. The molecule has 0 bridgehead atoms. The summed E-state index contributed by atoms with van der Waals surface area (Å²) in [6.45, 7) is 7.03. The predicted molar refractivity (Wildman–Crippen MR) is 105 cm³/mol. The molecule has 1 aliphatic carbocycles. The number of aryl methyl sites for hydroxylation is 1. The molecule has 2 amide bonds. The monoisotopic (exact) mass is 364 g/mol. The third-order valence-corrected chi connectivity index (χ3v) is 5.32. The maximum atomic E-state index is 13.1. The minimum Gasteiger partial charge on any atom is -0.309 e. The van der Waals surface area contributed by atoms with E-state index in [9.17, 15) is 9.59 Å². The molecule has 140 valence electrons. The number of hydrogen-bond donors (Lipinski definition) is 1. The average Bonchev–Trinajstić information content (AvgIpc) is 3.45. The van der Waals surface area contributed by atoms with E-state index < -0.39 is 0 Å². The van der Waals surface area contributed by atoms with Gasteiger partial charge in [-0.3, -0.25) is 9.59 Å². The molecule has 6 nitrogen and oxygen atoms in total.